The molecule has 0 spiro atoms. The third-order valence-electron chi connectivity index (χ3n) is 4.39. The van der Waals surface area contributed by atoms with Crippen LogP contribution in [0.5, 0.6) is 5.75 Å². The van der Waals surface area contributed by atoms with E-state index in [1.807, 2.05) is 18.2 Å². The first-order valence-electron chi connectivity index (χ1n) is 7.67. The zero-order chi connectivity index (χ0) is 15.9. The van der Waals surface area contributed by atoms with Crippen molar-refractivity contribution in [1.29, 1.82) is 0 Å². The summed E-state index contributed by atoms with van der Waals surface area (Å²) in [7, 11) is 1.69. The predicted molar refractivity (Wildman–Crippen MR) is 91.6 cm³/mol. The first-order valence-corrected chi connectivity index (χ1v) is 8.05. The Balaban J connectivity index is 1.98. The van der Waals surface area contributed by atoms with Crippen LogP contribution in [-0.4, -0.2) is 28.7 Å². The second kappa shape index (κ2) is 5.64. The highest BCUT2D eigenvalue weighted by Gasteiger charge is 2.28. The molecule has 0 atom stereocenters. The van der Waals surface area contributed by atoms with Crippen molar-refractivity contribution in [2.24, 2.45) is 0 Å². The number of nitrogens with zero attached hydrogens (tertiary/aromatic N) is 2. The van der Waals surface area contributed by atoms with Gasteiger partial charge in [0, 0.05) is 36.4 Å². The molecule has 1 aromatic heterocycles. The summed E-state index contributed by atoms with van der Waals surface area (Å²) in [4.78, 5) is 2.49. The zero-order valence-corrected chi connectivity index (χ0v) is 14.4. The fourth-order valence-corrected chi connectivity index (χ4v) is 3.37. The summed E-state index contributed by atoms with van der Waals surface area (Å²) in [5.41, 5.74) is 3.65. The smallest absolute Gasteiger partial charge is 0.119 e. The van der Waals surface area contributed by atoms with Crippen LogP contribution in [0, 0.1) is 0 Å². The lowest BCUT2D eigenvalue weighted by Crippen LogP contribution is -2.45. The van der Waals surface area contributed by atoms with Gasteiger partial charge in [0.1, 0.15) is 10.9 Å². The molecule has 0 amide bonds. The van der Waals surface area contributed by atoms with Crippen molar-refractivity contribution >= 4 is 11.6 Å². The fourth-order valence-electron chi connectivity index (χ4n) is 3.01. The number of rotatable bonds is 2. The van der Waals surface area contributed by atoms with Gasteiger partial charge in [0.05, 0.1) is 7.11 Å². The van der Waals surface area contributed by atoms with Gasteiger partial charge in [-0.25, -0.2) is 0 Å². The van der Waals surface area contributed by atoms with E-state index in [1.54, 1.807) is 7.11 Å². The monoisotopic (exact) mass is 318 g/mol. The molecule has 0 bridgehead atoms. The molecular weight excluding hydrogens is 296 g/mol. The normalized spacial score (nSPS) is 15.7. The van der Waals surface area contributed by atoms with Crippen LogP contribution in [0.1, 0.15) is 26.5 Å². The molecule has 0 fully saturated rings. The van der Waals surface area contributed by atoms with Crippen LogP contribution in [0.3, 0.4) is 0 Å². The van der Waals surface area contributed by atoms with E-state index in [2.05, 4.69) is 42.4 Å². The van der Waals surface area contributed by atoms with Crippen molar-refractivity contribution in [1.82, 2.24) is 9.47 Å². The van der Waals surface area contributed by atoms with E-state index >= 15 is 0 Å². The highest BCUT2D eigenvalue weighted by Crippen LogP contribution is 2.35. The maximum Gasteiger partial charge on any atom is 0.119 e. The van der Waals surface area contributed by atoms with Crippen LogP contribution in [0.15, 0.2) is 30.3 Å². The molecule has 4 heteroatoms. The number of aromatic nitrogens is 1. The maximum atomic E-state index is 6.64. The second-order valence-corrected chi connectivity index (χ2v) is 7.17. The zero-order valence-electron chi connectivity index (χ0n) is 13.7. The Hall–Kier alpha value is -1.45. The number of benzene rings is 1. The van der Waals surface area contributed by atoms with Gasteiger partial charge in [-0.1, -0.05) is 23.7 Å². The van der Waals surface area contributed by atoms with Crippen molar-refractivity contribution in [3.8, 4) is 16.9 Å². The van der Waals surface area contributed by atoms with Crippen LogP contribution in [0.25, 0.3) is 11.1 Å². The lowest BCUT2D eigenvalue weighted by atomic mass is 10.0. The van der Waals surface area contributed by atoms with Crippen molar-refractivity contribution in [3.05, 3.63) is 41.2 Å². The van der Waals surface area contributed by atoms with E-state index in [0.29, 0.717) is 0 Å². The number of methoxy groups -OCH3 is 1. The van der Waals surface area contributed by atoms with Crippen LogP contribution >= 0.6 is 11.6 Å². The summed E-state index contributed by atoms with van der Waals surface area (Å²) in [5, 5.41) is 0.830. The van der Waals surface area contributed by atoms with E-state index in [-0.39, 0.29) is 5.54 Å². The topological polar surface area (TPSA) is 17.4 Å². The predicted octanol–water partition coefficient (Wildman–Crippen LogP) is 4.43. The highest BCUT2D eigenvalue weighted by molar-refractivity contribution is 6.32. The minimum Gasteiger partial charge on any atom is -0.497 e. The Morgan fingerprint density at radius 3 is 2.59 bits per heavy atom. The molecule has 118 valence electrons. The number of ether oxygens (including phenoxy) is 1. The molecule has 3 rings (SSSR count). The van der Waals surface area contributed by atoms with Crippen LogP contribution in [-0.2, 0) is 13.1 Å². The quantitative estimate of drug-likeness (QED) is 0.815. The molecule has 1 aromatic carbocycles. The Labute approximate surface area is 137 Å². The molecule has 0 radical (unpaired) electrons. The minimum absolute atomic E-state index is 0.179. The van der Waals surface area contributed by atoms with E-state index in [1.165, 1.54) is 5.69 Å². The van der Waals surface area contributed by atoms with Gasteiger partial charge < -0.3 is 9.30 Å². The molecule has 1 aliphatic rings. The lowest BCUT2D eigenvalue weighted by Gasteiger charge is -2.39. The van der Waals surface area contributed by atoms with Gasteiger partial charge in [0.25, 0.3) is 0 Å². The molecule has 3 nitrogen and oxygen atoms in total. The number of hydrogen-bond donors (Lipinski definition) is 0. The molecule has 2 heterocycles. The Bertz CT molecular complexity index is 685. The average Bonchev–Trinajstić information content (AvgIpc) is 2.83. The summed E-state index contributed by atoms with van der Waals surface area (Å²) in [6, 6.07) is 10.3. The van der Waals surface area contributed by atoms with Crippen molar-refractivity contribution in [3.63, 3.8) is 0 Å². The molecule has 0 saturated carbocycles. The van der Waals surface area contributed by atoms with Gasteiger partial charge in [-0.05, 0) is 44.5 Å². The Morgan fingerprint density at radius 2 is 1.91 bits per heavy atom. The first kappa shape index (κ1) is 15.4. The molecule has 2 aromatic rings. The standard InChI is InChI=1S/C18H23ClN2O/c1-18(2,3)20-8-9-21-14(12-20)11-16(17(21)19)13-6-5-7-15(10-13)22-4/h5-7,10-11H,8-9,12H2,1-4H3. The highest BCUT2D eigenvalue weighted by atomic mass is 35.5. The molecule has 0 saturated heterocycles. The van der Waals surface area contributed by atoms with Gasteiger partial charge in [0.15, 0.2) is 0 Å². The van der Waals surface area contributed by atoms with Gasteiger partial charge in [-0.2, -0.15) is 0 Å². The van der Waals surface area contributed by atoms with E-state index < -0.39 is 0 Å². The summed E-state index contributed by atoms with van der Waals surface area (Å²) in [6.07, 6.45) is 0. The van der Waals surface area contributed by atoms with Crippen molar-refractivity contribution in [2.45, 2.75) is 39.4 Å². The average molecular weight is 319 g/mol. The SMILES string of the molecule is COc1cccc(-c2cc3n(c2Cl)CCN(C(C)(C)C)C3)c1. The molecule has 22 heavy (non-hydrogen) atoms. The van der Waals surface area contributed by atoms with Crippen molar-refractivity contribution < 1.29 is 4.74 Å². The molecule has 0 N–H and O–H groups in total. The van der Waals surface area contributed by atoms with Crippen molar-refractivity contribution in [2.75, 3.05) is 13.7 Å². The first-order chi connectivity index (χ1) is 10.4. The Kier molecular flexibility index (Phi) is 3.96. The summed E-state index contributed by atoms with van der Waals surface area (Å²) in [6.45, 7) is 9.69. The summed E-state index contributed by atoms with van der Waals surface area (Å²) < 4.78 is 7.56. The summed E-state index contributed by atoms with van der Waals surface area (Å²) >= 11 is 6.64. The number of fused-ring (bicyclic) bond motifs is 1. The van der Waals surface area contributed by atoms with E-state index in [4.69, 9.17) is 16.3 Å². The fraction of sp³-hybridized carbons (Fsp3) is 0.444. The molecular formula is C18H23ClN2O. The Morgan fingerprint density at radius 1 is 1.14 bits per heavy atom. The van der Waals surface area contributed by atoms with E-state index in [9.17, 15) is 0 Å². The molecule has 0 unspecified atom stereocenters. The van der Waals surface area contributed by atoms with Gasteiger partial charge in [-0.3, -0.25) is 4.90 Å². The van der Waals surface area contributed by atoms with E-state index in [0.717, 1.165) is 41.7 Å². The molecule has 1 aliphatic heterocycles. The van der Waals surface area contributed by atoms with Gasteiger partial charge in [0.2, 0.25) is 0 Å². The minimum atomic E-state index is 0.179. The lowest BCUT2D eigenvalue weighted by molar-refractivity contribution is 0.103. The maximum absolute atomic E-state index is 6.64. The largest absolute Gasteiger partial charge is 0.497 e. The van der Waals surface area contributed by atoms with Crippen LogP contribution in [0.2, 0.25) is 5.15 Å². The molecule has 0 aliphatic carbocycles. The third kappa shape index (κ3) is 2.75. The van der Waals surface area contributed by atoms with Gasteiger partial charge in [-0.15, -0.1) is 0 Å². The van der Waals surface area contributed by atoms with Crippen LogP contribution < -0.4 is 4.74 Å². The number of halogens is 1. The van der Waals surface area contributed by atoms with Crippen LogP contribution in [0.4, 0.5) is 0 Å². The summed E-state index contributed by atoms with van der Waals surface area (Å²) in [5.74, 6) is 0.856. The van der Waals surface area contributed by atoms with Gasteiger partial charge >= 0.3 is 0 Å². The second-order valence-electron chi connectivity index (χ2n) is 6.82. The number of hydrogen-bond acceptors (Lipinski definition) is 2. The third-order valence-corrected chi connectivity index (χ3v) is 4.80.